The van der Waals surface area contributed by atoms with Gasteiger partial charge in [-0.25, -0.2) is 0 Å². The van der Waals surface area contributed by atoms with E-state index in [9.17, 15) is 9.90 Å². The number of hydrogen-bond acceptors (Lipinski definition) is 10. The van der Waals surface area contributed by atoms with Gasteiger partial charge in [0.15, 0.2) is 12.6 Å². The summed E-state index contributed by atoms with van der Waals surface area (Å²) >= 11 is 0. The van der Waals surface area contributed by atoms with Gasteiger partial charge in [0.1, 0.15) is 5.75 Å². The molecule has 0 aliphatic carbocycles. The molecule has 210 valence electrons. The molecule has 12 heteroatoms. The molecule has 0 amide bonds. The predicted octanol–water partition coefficient (Wildman–Crippen LogP) is 1.83. The highest BCUT2D eigenvalue weighted by molar-refractivity contribution is 5.97. The van der Waals surface area contributed by atoms with E-state index in [2.05, 4.69) is 40.9 Å². The van der Waals surface area contributed by atoms with Crippen LogP contribution in [0.15, 0.2) is 29.3 Å². The Hall–Kier alpha value is -3.93. The Morgan fingerprint density at radius 1 is 1.18 bits per heavy atom. The summed E-state index contributed by atoms with van der Waals surface area (Å²) in [5.74, 6) is 0.904. The Kier molecular flexibility index (Phi) is 8.54. The summed E-state index contributed by atoms with van der Waals surface area (Å²) in [6, 6.07) is 7.16. The monoisotopic (exact) mass is 540 g/mol. The number of Topliss-reactive ketones (excluding diaryl/α,β-unsaturated/α-hetero) is 1. The molecule has 0 saturated carbocycles. The first-order chi connectivity index (χ1) is 18.7. The van der Waals surface area contributed by atoms with Crippen molar-refractivity contribution in [2.45, 2.75) is 46.6 Å². The number of aromatic nitrogens is 4. The third-order valence-corrected chi connectivity index (χ3v) is 6.25. The van der Waals surface area contributed by atoms with Crippen LogP contribution in [0.3, 0.4) is 0 Å². The average molecular weight is 541 g/mol. The molecule has 3 heterocycles. The van der Waals surface area contributed by atoms with Gasteiger partial charge in [-0.1, -0.05) is 32.2 Å². The lowest BCUT2D eigenvalue weighted by Crippen LogP contribution is -2.40. The second-order valence-corrected chi connectivity index (χ2v) is 9.99. The number of anilines is 1. The number of benzene rings is 1. The molecule has 39 heavy (non-hydrogen) atoms. The minimum absolute atomic E-state index is 0.0167. The first kappa shape index (κ1) is 28.1. The van der Waals surface area contributed by atoms with Crippen LogP contribution in [0.5, 0.6) is 11.6 Å². The summed E-state index contributed by atoms with van der Waals surface area (Å²) in [6.07, 6.45) is -0.799. The molecule has 1 aromatic carbocycles. The maximum absolute atomic E-state index is 13.8. The third-order valence-electron chi connectivity index (χ3n) is 6.25. The van der Waals surface area contributed by atoms with Crippen LogP contribution in [0, 0.1) is 0 Å². The highest BCUT2D eigenvalue weighted by atomic mass is 16.6. The Morgan fingerprint density at radius 2 is 1.92 bits per heavy atom. The van der Waals surface area contributed by atoms with Crippen molar-refractivity contribution < 1.29 is 33.5 Å². The fourth-order valence-electron chi connectivity index (χ4n) is 4.40. The molecular weight excluding hydrogens is 504 g/mol. The minimum Gasteiger partial charge on any atom is -0.600 e. The first-order valence-corrected chi connectivity index (χ1v) is 13.1. The fraction of sp³-hybridized carbons (Fsp3) is 0.519. The zero-order valence-corrected chi connectivity index (χ0v) is 23.4. The molecule has 0 N–H and O–H groups in total. The average Bonchev–Trinajstić information content (AvgIpc) is 3.23. The van der Waals surface area contributed by atoms with E-state index in [1.807, 2.05) is 19.1 Å². The van der Waals surface area contributed by atoms with E-state index in [4.69, 9.17) is 18.9 Å². The topological polar surface area (TPSA) is 127 Å². The smallest absolute Gasteiger partial charge is 0.386 e. The van der Waals surface area contributed by atoms with Crippen molar-refractivity contribution in [3.63, 3.8) is 0 Å². The number of rotatable bonds is 9. The van der Waals surface area contributed by atoms with Crippen molar-refractivity contribution in [1.29, 1.82) is 0 Å². The molecule has 1 aliphatic rings. The van der Waals surface area contributed by atoms with Gasteiger partial charge < -0.3 is 29.0 Å². The van der Waals surface area contributed by atoms with E-state index >= 15 is 0 Å². The summed E-state index contributed by atoms with van der Waals surface area (Å²) < 4.78 is 24.7. The van der Waals surface area contributed by atoms with Crippen LogP contribution in [0.4, 0.5) is 11.6 Å². The Bertz CT molecular complexity index is 1360. The zero-order valence-electron chi connectivity index (χ0n) is 23.4. The summed E-state index contributed by atoms with van der Waals surface area (Å²) in [6.45, 7) is 12.9. The van der Waals surface area contributed by atoms with Crippen molar-refractivity contribution in [2.24, 2.45) is 4.99 Å². The molecular formula is C27H36N6O6. The van der Waals surface area contributed by atoms with E-state index in [0.29, 0.717) is 50.0 Å². The number of aliphatic imine (C=N–C) groups is 1. The van der Waals surface area contributed by atoms with Crippen LogP contribution in [-0.4, -0.2) is 73.2 Å². The molecule has 2 aromatic heterocycles. The number of carbonyl (C=O) groups excluding carboxylic acids is 1. The van der Waals surface area contributed by atoms with Gasteiger partial charge in [0.2, 0.25) is 5.78 Å². The minimum atomic E-state index is -0.799. The van der Waals surface area contributed by atoms with Crippen LogP contribution < -0.4 is 24.2 Å². The molecule has 3 aromatic rings. The highest BCUT2D eigenvalue weighted by Crippen LogP contribution is 2.40. The number of methoxy groups -OCH3 is 1. The van der Waals surface area contributed by atoms with Crippen molar-refractivity contribution in [1.82, 2.24) is 14.7 Å². The van der Waals surface area contributed by atoms with Crippen LogP contribution in [0.1, 0.15) is 50.5 Å². The largest absolute Gasteiger partial charge is 0.600 e. The molecule has 1 aliphatic heterocycles. The van der Waals surface area contributed by atoms with Crippen LogP contribution in [0.25, 0.3) is 5.65 Å². The van der Waals surface area contributed by atoms with Gasteiger partial charge in [0.05, 0.1) is 32.6 Å². The SMILES string of the molecule is CCO/C([O-])=N/c1n[n+](CC(=O)c2cc(N3CCOCC3)c(OC)c(C(C)(C)C)c2)c2ccc(OCC)nn12. The fourth-order valence-corrected chi connectivity index (χ4v) is 4.40. The number of carbonyl (C=O) groups is 1. The molecule has 0 bridgehead atoms. The molecule has 0 atom stereocenters. The second-order valence-electron chi connectivity index (χ2n) is 9.99. The number of ether oxygens (including phenoxy) is 4. The van der Waals surface area contributed by atoms with Gasteiger partial charge >= 0.3 is 11.6 Å². The zero-order chi connectivity index (χ0) is 28.2. The number of nitrogens with zero attached hydrogens (tertiary/aromatic N) is 6. The van der Waals surface area contributed by atoms with E-state index in [-0.39, 0.29) is 30.3 Å². The van der Waals surface area contributed by atoms with Gasteiger partial charge in [-0.2, -0.15) is 4.99 Å². The van der Waals surface area contributed by atoms with E-state index in [1.54, 1.807) is 26.2 Å². The third kappa shape index (κ3) is 6.22. The van der Waals surface area contributed by atoms with E-state index in [1.165, 1.54) is 9.20 Å². The van der Waals surface area contributed by atoms with Crippen molar-refractivity contribution in [3.05, 3.63) is 35.4 Å². The summed E-state index contributed by atoms with van der Waals surface area (Å²) in [5, 5.41) is 20.9. The predicted molar refractivity (Wildman–Crippen MR) is 142 cm³/mol. The Morgan fingerprint density at radius 3 is 2.56 bits per heavy atom. The number of morpholine rings is 1. The molecule has 0 radical (unpaired) electrons. The summed E-state index contributed by atoms with van der Waals surface area (Å²) in [7, 11) is 1.65. The number of fused-ring (bicyclic) bond motifs is 1. The lowest BCUT2D eigenvalue weighted by Gasteiger charge is -2.33. The molecule has 0 spiro atoms. The molecule has 12 nitrogen and oxygen atoms in total. The normalized spacial score (nSPS) is 14.5. The number of ketones is 1. The second kappa shape index (κ2) is 11.9. The quantitative estimate of drug-likeness (QED) is 0.173. The van der Waals surface area contributed by atoms with Crippen LogP contribution in [-0.2, 0) is 21.4 Å². The first-order valence-electron chi connectivity index (χ1n) is 13.1. The molecule has 1 fully saturated rings. The molecule has 1 saturated heterocycles. The number of hydrogen-bond donors (Lipinski definition) is 0. The van der Waals surface area contributed by atoms with Gasteiger partial charge in [0.25, 0.3) is 5.88 Å². The van der Waals surface area contributed by atoms with Crippen LogP contribution in [0.2, 0.25) is 0 Å². The van der Waals surface area contributed by atoms with Gasteiger partial charge in [0, 0.05) is 36.3 Å². The Balaban J connectivity index is 1.77. The lowest BCUT2D eigenvalue weighted by atomic mass is 9.84. The van der Waals surface area contributed by atoms with Gasteiger partial charge in [-0.05, 0) is 41.3 Å². The summed E-state index contributed by atoms with van der Waals surface area (Å²) in [4.78, 5) is 19.9. The van der Waals surface area contributed by atoms with E-state index in [0.717, 1.165) is 17.0 Å². The molecule has 4 rings (SSSR count). The van der Waals surface area contributed by atoms with Crippen molar-refractivity contribution in [2.75, 3.05) is 51.5 Å². The maximum Gasteiger partial charge on any atom is 0.386 e. The van der Waals surface area contributed by atoms with E-state index < -0.39 is 6.08 Å². The standard InChI is InChI=1S/C27H36N6O6/c1-7-38-22-9-10-23-32(30-25(33(23)29-22)28-26(35)39-8-2)17-21(34)18-15-19(27(3,4)5)24(36-6)20(16-18)31-11-13-37-14-12-31/h9-10,15-16H,7-8,11-14,17H2,1-6H3. The maximum atomic E-state index is 13.8. The molecule has 0 unspecified atom stereocenters. The summed E-state index contributed by atoms with van der Waals surface area (Å²) in [5.41, 5.74) is 2.50. The Labute approximate surface area is 227 Å². The van der Waals surface area contributed by atoms with Crippen LogP contribution >= 0.6 is 0 Å². The highest BCUT2D eigenvalue weighted by Gasteiger charge is 2.29. The van der Waals surface area contributed by atoms with Crippen molar-refractivity contribution >= 4 is 29.1 Å². The van der Waals surface area contributed by atoms with Gasteiger partial charge in [-0.3, -0.25) is 4.79 Å². The van der Waals surface area contributed by atoms with Gasteiger partial charge in [-0.15, -0.1) is 4.68 Å². The van der Waals surface area contributed by atoms with Crippen molar-refractivity contribution in [3.8, 4) is 11.6 Å². The lowest BCUT2D eigenvalue weighted by molar-refractivity contribution is -0.714.